The second kappa shape index (κ2) is 9.70. The molecule has 0 fully saturated rings. The Labute approximate surface area is 184 Å². The summed E-state index contributed by atoms with van der Waals surface area (Å²) in [5.41, 5.74) is 1.08. The van der Waals surface area contributed by atoms with Crippen LogP contribution in [-0.4, -0.2) is 20.3 Å². The molecule has 3 aromatic carbocycles. The van der Waals surface area contributed by atoms with Crippen molar-refractivity contribution in [3.8, 4) is 11.8 Å². The van der Waals surface area contributed by atoms with Crippen LogP contribution in [0.5, 0.6) is 5.75 Å². The molecule has 0 saturated heterocycles. The van der Waals surface area contributed by atoms with Gasteiger partial charge >= 0.3 is 5.97 Å². The smallest absolute Gasteiger partial charge is 0.343 e. The predicted octanol–water partition coefficient (Wildman–Crippen LogP) is 3.10. The zero-order valence-electron chi connectivity index (χ0n) is 16.6. The van der Waals surface area contributed by atoms with Crippen LogP contribution >= 0.6 is 0 Å². The lowest BCUT2D eigenvalue weighted by atomic mass is 10.1. The molecule has 32 heavy (non-hydrogen) atoms. The lowest BCUT2D eigenvalue weighted by molar-refractivity contribution is -0.112. The van der Waals surface area contributed by atoms with Gasteiger partial charge in [-0.1, -0.05) is 30.3 Å². The number of sulfonamides is 1. The maximum Gasteiger partial charge on any atom is 0.343 e. The third-order valence-electron chi connectivity index (χ3n) is 4.22. The average molecular weight is 447 g/mol. The molecule has 8 nitrogen and oxygen atoms in total. The number of nitriles is 1. The molecule has 0 atom stereocenters. The number of carbonyl (C=O) groups is 2. The molecular formula is C23H17N3O5S. The van der Waals surface area contributed by atoms with Gasteiger partial charge in [0.05, 0.1) is 10.5 Å². The summed E-state index contributed by atoms with van der Waals surface area (Å²) in [6.07, 6.45) is 1.37. The number of hydrogen-bond acceptors (Lipinski definition) is 6. The Bertz CT molecular complexity index is 1310. The van der Waals surface area contributed by atoms with Crippen LogP contribution in [0.25, 0.3) is 6.08 Å². The van der Waals surface area contributed by atoms with Gasteiger partial charge in [0.2, 0.25) is 10.0 Å². The van der Waals surface area contributed by atoms with Crippen LogP contribution in [0.15, 0.2) is 89.3 Å². The van der Waals surface area contributed by atoms with Crippen LogP contribution in [0, 0.1) is 11.3 Å². The summed E-state index contributed by atoms with van der Waals surface area (Å²) in [5.74, 6) is -0.858. The van der Waals surface area contributed by atoms with E-state index in [1.54, 1.807) is 54.6 Å². The van der Waals surface area contributed by atoms with Gasteiger partial charge in [0, 0.05) is 5.69 Å². The third-order valence-corrected chi connectivity index (χ3v) is 5.15. The Morgan fingerprint density at radius 3 is 2.12 bits per heavy atom. The number of anilines is 1. The van der Waals surface area contributed by atoms with Gasteiger partial charge in [-0.2, -0.15) is 5.26 Å². The van der Waals surface area contributed by atoms with E-state index in [-0.39, 0.29) is 10.5 Å². The molecule has 0 saturated carbocycles. The average Bonchev–Trinajstić information content (AvgIpc) is 2.78. The van der Waals surface area contributed by atoms with Crippen molar-refractivity contribution in [2.45, 2.75) is 4.90 Å². The highest BCUT2D eigenvalue weighted by molar-refractivity contribution is 7.89. The molecule has 0 bridgehead atoms. The summed E-state index contributed by atoms with van der Waals surface area (Å²) in [7, 11) is -3.84. The minimum atomic E-state index is -3.84. The summed E-state index contributed by atoms with van der Waals surface area (Å²) in [4.78, 5) is 24.4. The minimum absolute atomic E-state index is 0.0976. The number of benzene rings is 3. The van der Waals surface area contributed by atoms with E-state index in [0.717, 1.165) is 0 Å². The van der Waals surface area contributed by atoms with Gasteiger partial charge in [0.25, 0.3) is 5.91 Å². The van der Waals surface area contributed by atoms with Gasteiger partial charge in [-0.3, -0.25) is 4.79 Å². The third kappa shape index (κ3) is 5.89. The second-order valence-electron chi connectivity index (χ2n) is 6.52. The first-order valence-corrected chi connectivity index (χ1v) is 10.7. The van der Waals surface area contributed by atoms with Crippen molar-refractivity contribution >= 4 is 33.7 Å². The molecule has 1 amide bonds. The fourth-order valence-corrected chi connectivity index (χ4v) is 3.13. The lowest BCUT2D eigenvalue weighted by Crippen LogP contribution is -2.14. The molecule has 0 aliphatic rings. The zero-order valence-corrected chi connectivity index (χ0v) is 17.4. The Hall–Kier alpha value is -4.26. The van der Waals surface area contributed by atoms with E-state index in [1.807, 2.05) is 6.07 Å². The molecule has 160 valence electrons. The van der Waals surface area contributed by atoms with Crippen molar-refractivity contribution < 1.29 is 22.7 Å². The van der Waals surface area contributed by atoms with Crippen LogP contribution in [-0.2, 0) is 14.8 Å². The number of hydrogen-bond donors (Lipinski definition) is 2. The first-order valence-electron chi connectivity index (χ1n) is 9.19. The summed E-state index contributed by atoms with van der Waals surface area (Å²) >= 11 is 0. The molecule has 3 N–H and O–H groups in total. The molecule has 0 radical (unpaired) electrons. The Morgan fingerprint density at radius 1 is 0.938 bits per heavy atom. The van der Waals surface area contributed by atoms with Crippen LogP contribution in [0.3, 0.4) is 0 Å². The summed E-state index contributed by atoms with van der Waals surface area (Å²) < 4.78 is 27.9. The van der Waals surface area contributed by atoms with E-state index in [1.165, 1.54) is 30.3 Å². The number of nitrogens with one attached hydrogen (secondary N) is 1. The quantitative estimate of drug-likeness (QED) is 0.258. The molecule has 0 aromatic heterocycles. The highest BCUT2D eigenvalue weighted by Crippen LogP contribution is 2.18. The largest absolute Gasteiger partial charge is 0.423 e. The van der Waals surface area contributed by atoms with Gasteiger partial charge in [0.15, 0.2) is 0 Å². The van der Waals surface area contributed by atoms with Crippen molar-refractivity contribution in [3.05, 3.63) is 95.6 Å². The number of nitrogens with two attached hydrogens (primary N) is 1. The van der Waals surface area contributed by atoms with E-state index >= 15 is 0 Å². The van der Waals surface area contributed by atoms with E-state index < -0.39 is 21.9 Å². The standard InChI is InChI=1S/C23H17N3O5S/c24-15-18(22(27)26-19-8-12-21(13-9-19)32(25,29)30)14-16-6-10-20(11-7-16)31-23(28)17-4-2-1-3-5-17/h1-14H,(H,26,27)(H2,25,29,30)/b18-14-. The van der Waals surface area contributed by atoms with Crippen molar-refractivity contribution in [1.29, 1.82) is 5.26 Å². The van der Waals surface area contributed by atoms with Gasteiger partial charge in [0.1, 0.15) is 17.4 Å². The van der Waals surface area contributed by atoms with E-state index in [2.05, 4.69) is 5.32 Å². The highest BCUT2D eigenvalue weighted by Gasteiger charge is 2.12. The van der Waals surface area contributed by atoms with Crippen molar-refractivity contribution in [2.75, 3.05) is 5.32 Å². The molecule has 0 unspecified atom stereocenters. The first kappa shape index (κ1) is 22.4. The number of primary sulfonamides is 1. The van der Waals surface area contributed by atoms with Gasteiger partial charge in [-0.05, 0) is 60.2 Å². The van der Waals surface area contributed by atoms with E-state index in [9.17, 15) is 23.3 Å². The van der Waals surface area contributed by atoms with Gasteiger partial charge < -0.3 is 10.1 Å². The number of carbonyl (C=O) groups excluding carboxylic acids is 2. The number of ether oxygens (including phenoxy) is 1. The Kier molecular flexibility index (Phi) is 6.80. The number of esters is 1. The van der Waals surface area contributed by atoms with Crippen molar-refractivity contribution in [3.63, 3.8) is 0 Å². The second-order valence-corrected chi connectivity index (χ2v) is 8.08. The van der Waals surface area contributed by atoms with E-state index in [0.29, 0.717) is 22.6 Å². The fourth-order valence-electron chi connectivity index (χ4n) is 2.61. The summed E-state index contributed by atoms with van der Waals surface area (Å²) in [6.45, 7) is 0. The molecule has 0 aliphatic heterocycles. The molecule has 9 heteroatoms. The van der Waals surface area contributed by atoms with Crippen LogP contribution in [0.4, 0.5) is 5.69 Å². The van der Waals surface area contributed by atoms with Crippen molar-refractivity contribution in [2.24, 2.45) is 5.14 Å². The molecule has 0 aliphatic carbocycles. The maximum atomic E-state index is 12.4. The normalized spacial score (nSPS) is 11.3. The van der Waals surface area contributed by atoms with Crippen molar-refractivity contribution in [1.82, 2.24) is 0 Å². The first-order chi connectivity index (χ1) is 15.3. The molecule has 3 aromatic rings. The van der Waals surface area contributed by atoms with Crippen LogP contribution in [0.1, 0.15) is 15.9 Å². The zero-order chi connectivity index (χ0) is 23.1. The minimum Gasteiger partial charge on any atom is -0.423 e. The fraction of sp³-hybridized carbons (Fsp3) is 0. The van der Waals surface area contributed by atoms with E-state index in [4.69, 9.17) is 9.88 Å². The number of nitrogens with zero attached hydrogens (tertiary/aromatic N) is 1. The maximum absolute atomic E-state index is 12.4. The molecule has 0 heterocycles. The number of amides is 1. The SMILES string of the molecule is N#C/C(=C/c1ccc(OC(=O)c2ccccc2)cc1)C(=O)Nc1ccc(S(N)(=O)=O)cc1. The summed E-state index contributed by atoms with van der Waals surface area (Å²) in [6, 6.07) is 21.9. The highest BCUT2D eigenvalue weighted by atomic mass is 32.2. The Morgan fingerprint density at radius 2 is 1.56 bits per heavy atom. The van der Waals surface area contributed by atoms with Crippen LogP contribution < -0.4 is 15.2 Å². The lowest BCUT2D eigenvalue weighted by Gasteiger charge is -2.06. The monoisotopic (exact) mass is 447 g/mol. The molecule has 3 rings (SSSR count). The predicted molar refractivity (Wildman–Crippen MR) is 118 cm³/mol. The number of rotatable bonds is 6. The van der Waals surface area contributed by atoms with Gasteiger partial charge in [-0.25, -0.2) is 18.4 Å². The molecular weight excluding hydrogens is 430 g/mol. The van der Waals surface area contributed by atoms with Gasteiger partial charge in [-0.15, -0.1) is 0 Å². The molecule has 0 spiro atoms. The Balaban J connectivity index is 1.68. The topological polar surface area (TPSA) is 139 Å². The summed E-state index contributed by atoms with van der Waals surface area (Å²) in [5, 5.41) is 16.9. The van der Waals surface area contributed by atoms with Crippen LogP contribution in [0.2, 0.25) is 0 Å².